The highest BCUT2D eigenvalue weighted by Crippen LogP contribution is 2.41. The predicted molar refractivity (Wildman–Crippen MR) is 96.5 cm³/mol. The summed E-state index contributed by atoms with van der Waals surface area (Å²) in [4.78, 5) is 17.3. The molecule has 0 spiro atoms. The van der Waals surface area contributed by atoms with Gasteiger partial charge in [0.05, 0.1) is 0 Å². The number of halogens is 1. The average molecular weight is 340 g/mol. The van der Waals surface area contributed by atoms with Crippen LogP contribution in [0.1, 0.15) is 29.5 Å². The Morgan fingerprint density at radius 1 is 1.25 bits per heavy atom. The maximum Gasteiger partial charge on any atom is 0.202 e. The number of nitrogens with zero attached hydrogens (tertiary/aromatic N) is 1. The summed E-state index contributed by atoms with van der Waals surface area (Å²) in [5.74, 6) is 0.280. The number of amidine groups is 1. The molecule has 0 fully saturated rings. The van der Waals surface area contributed by atoms with Crippen molar-refractivity contribution >= 4 is 28.9 Å². The first kappa shape index (κ1) is 15.4. The largest absolute Gasteiger partial charge is 0.337 e. The molecule has 0 bridgehead atoms. The van der Waals surface area contributed by atoms with E-state index in [-0.39, 0.29) is 12.2 Å². The lowest BCUT2D eigenvalue weighted by Gasteiger charge is -2.38. The van der Waals surface area contributed by atoms with Crippen LogP contribution in [0.3, 0.4) is 0 Å². The molecule has 1 atom stereocenters. The van der Waals surface area contributed by atoms with Gasteiger partial charge in [-0.2, -0.15) is 0 Å². The minimum absolute atomic E-state index is 0.0660. The maximum atomic E-state index is 12.7. The molecular formula is C19H18ClN3O. The van der Waals surface area contributed by atoms with Gasteiger partial charge in [0.25, 0.3) is 0 Å². The van der Waals surface area contributed by atoms with Gasteiger partial charge in [-0.3, -0.25) is 4.79 Å². The summed E-state index contributed by atoms with van der Waals surface area (Å²) in [5, 5.41) is 3.84. The zero-order valence-electron chi connectivity index (χ0n) is 13.2. The molecule has 1 unspecified atom stereocenters. The maximum absolute atomic E-state index is 12.7. The molecule has 5 heteroatoms. The third kappa shape index (κ3) is 2.62. The van der Waals surface area contributed by atoms with Crippen molar-refractivity contribution in [2.45, 2.75) is 31.3 Å². The van der Waals surface area contributed by atoms with E-state index >= 15 is 0 Å². The van der Waals surface area contributed by atoms with Crippen molar-refractivity contribution in [1.82, 2.24) is 0 Å². The summed E-state index contributed by atoms with van der Waals surface area (Å²) >= 11 is 5.89. The lowest BCUT2D eigenvalue weighted by molar-refractivity contribution is -0.112. The van der Waals surface area contributed by atoms with Crippen molar-refractivity contribution in [2.75, 3.05) is 5.32 Å². The quantitative estimate of drug-likeness (QED) is 0.900. The first-order valence-electron chi connectivity index (χ1n) is 8.11. The van der Waals surface area contributed by atoms with Gasteiger partial charge >= 0.3 is 0 Å². The second kappa shape index (κ2) is 5.72. The first-order chi connectivity index (χ1) is 11.5. The second-order valence-electron chi connectivity index (χ2n) is 6.43. The molecule has 2 aromatic carbocycles. The number of rotatable bonds is 3. The van der Waals surface area contributed by atoms with Crippen LogP contribution in [0.2, 0.25) is 5.02 Å². The molecule has 0 radical (unpaired) electrons. The number of carbonyl (C=O) groups is 1. The molecule has 122 valence electrons. The lowest BCUT2D eigenvalue weighted by atomic mass is 9.81. The van der Waals surface area contributed by atoms with Crippen molar-refractivity contribution in [3.05, 3.63) is 64.2 Å². The Morgan fingerprint density at radius 3 is 2.83 bits per heavy atom. The normalized spacial score (nSPS) is 21.5. The summed E-state index contributed by atoms with van der Waals surface area (Å²) in [7, 11) is 0. The minimum atomic E-state index is -0.791. The van der Waals surface area contributed by atoms with Gasteiger partial charge in [-0.15, -0.1) is 0 Å². The smallest absolute Gasteiger partial charge is 0.202 e. The number of aryl methyl sites for hydroxylation is 1. The summed E-state index contributed by atoms with van der Waals surface area (Å²) < 4.78 is 0. The Balaban J connectivity index is 1.65. The van der Waals surface area contributed by atoms with E-state index in [1.807, 2.05) is 24.3 Å². The van der Waals surface area contributed by atoms with Crippen molar-refractivity contribution < 1.29 is 4.79 Å². The monoisotopic (exact) mass is 339 g/mol. The van der Waals surface area contributed by atoms with Crippen LogP contribution in [0.15, 0.2) is 47.5 Å². The number of hydrogen-bond acceptors (Lipinski definition) is 4. The van der Waals surface area contributed by atoms with Crippen LogP contribution in [-0.2, 0) is 23.3 Å². The number of anilines is 1. The highest BCUT2D eigenvalue weighted by Gasteiger charge is 2.39. The second-order valence-corrected chi connectivity index (χ2v) is 6.87. The van der Waals surface area contributed by atoms with Crippen LogP contribution in [0.4, 0.5) is 5.69 Å². The van der Waals surface area contributed by atoms with Crippen LogP contribution in [-0.4, -0.2) is 11.6 Å². The topological polar surface area (TPSA) is 67.5 Å². The number of ketones is 1. The number of nitrogens with two attached hydrogens (primary N) is 1. The van der Waals surface area contributed by atoms with Crippen LogP contribution in [0.25, 0.3) is 0 Å². The minimum Gasteiger partial charge on any atom is -0.337 e. The van der Waals surface area contributed by atoms with E-state index in [0.29, 0.717) is 10.9 Å². The summed E-state index contributed by atoms with van der Waals surface area (Å²) in [6, 6.07) is 13.3. The number of nitrogens with one attached hydrogen (secondary N) is 1. The van der Waals surface area contributed by atoms with Gasteiger partial charge in [0.1, 0.15) is 5.66 Å². The molecular weight excluding hydrogens is 322 g/mol. The van der Waals surface area contributed by atoms with E-state index < -0.39 is 5.66 Å². The molecule has 0 aromatic heterocycles. The van der Waals surface area contributed by atoms with Gasteiger partial charge in [-0.05, 0) is 48.6 Å². The van der Waals surface area contributed by atoms with Gasteiger partial charge in [0, 0.05) is 22.7 Å². The molecule has 1 heterocycles. The van der Waals surface area contributed by atoms with Crippen LogP contribution in [0.5, 0.6) is 0 Å². The van der Waals surface area contributed by atoms with E-state index in [0.717, 1.165) is 36.1 Å². The highest BCUT2D eigenvalue weighted by molar-refractivity contribution is 6.44. The van der Waals surface area contributed by atoms with Crippen LogP contribution >= 0.6 is 11.6 Å². The van der Waals surface area contributed by atoms with Crippen LogP contribution in [0, 0.1) is 0 Å². The molecule has 0 saturated heterocycles. The molecule has 2 aromatic rings. The molecule has 1 aliphatic carbocycles. The summed E-state index contributed by atoms with van der Waals surface area (Å²) in [6.07, 6.45) is 3.02. The molecule has 3 N–H and O–H groups in total. The highest BCUT2D eigenvalue weighted by atomic mass is 35.5. The van der Waals surface area contributed by atoms with Crippen LogP contribution < -0.4 is 11.1 Å². The number of Topliss-reactive ketones (excluding diaryl/α,β-unsaturated/α-hetero) is 1. The zero-order chi connectivity index (χ0) is 16.7. The van der Waals surface area contributed by atoms with E-state index in [1.165, 1.54) is 5.56 Å². The van der Waals surface area contributed by atoms with Gasteiger partial charge in [0.15, 0.2) is 5.84 Å². The number of aliphatic imine (C=N–C) groups is 1. The average Bonchev–Trinajstić information content (AvgIpc) is 2.56. The Morgan fingerprint density at radius 2 is 2.04 bits per heavy atom. The Bertz CT molecular complexity index is 844. The standard InChI is InChI=1S/C19H18ClN3O/c20-14-8-6-12(7-9-14)11-16(24)18-22-15-5-1-3-13-4-2-10-19(21,23-18)17(13)15/h1,3,5-9H,2,4,10-11,21H2,(H,22,23). The van der Waals surface area contributed by atoms with Gasteiger partial charge in [0.2, 0.25) is 5.78 Å². The van der Waals surface area contributed by atoms with Crippen molar-refractivity contribution in [2.24, 2.45) is 10.7 Å². The molecule has 2 aliphatic rings. The van der Waals surface area contributed by atoms with Gasteiger partial charge in [-0.1, -0.05) is 35.9 Å². The van der Waals surface area contributed by atoms with E-state index in [9.17, 15) is 4.79 Å². The molecule has 1 aliphatic heterocycles. The molecule has 4 rings (SSSR count). The Kier molecular flexibility index (Phi) is 3.66. The van der Waals surface area contributed by atoms with E-state index in [1.54, 1.807) is 12.1 Å². The van der Waals surface area contributed by atoms with Gasteiger partial charge in [-0.25, -0.2) is 4.99 Å². The SMILES string of the molecule is NC12CCCc3cccc(c31)NC(C(=O)Cc1ccc(Cl)cc1)=N2. The zero-order valence-corrected chi connectivity index (χ0v) is 13.9. The first-order valence-corrected chi connectivity index (χ1v) is 8.49. The van der Waals surface area contributed by atoms with Crippen molar-refractivity contribution in [3.8, 4) is 0 Å². The van der Waals surface area contributed by atoms with Gasteiger partial charge < -0.3 is 11.1 Å². The fourth-order valence-corrected chi connectivity index (χ4v) is 3.69. The van der Waals surface area contributed by atoms with E-state index in [2.05, 4.69) is 16.4 Å². The Hall–Kier alpha value is -2.17. The van der Waals surface area contributed by atoms with E-state index in [4.69, 9.17) is 17.3 Å². The fourth-order valence-electron chi connectivity index (χ4n) is 3.57. The number of benzene rings is 2. The van der Waals surface area contributed by atoms with Crippen molar-refractivity contribution in [3.63, 3.8) is 0 Å². The fraction of sp³-hybridized carbons (Fsp3) is 0.263. The molecule has 0 saturated carbocycles. The Labute approximate surface area is 145 Å². The lowest BCUT2D eigenvalue weighted by Crippen LogP contribution is -2.45. The predicted octanol–water partition coefficient (Wildman–Crippen LogP) is 3.42. The van der Waals surface area contributed by atoms with Crippen molar-refractivity contribution in [1.29, 1.82) is 0 Å². The molecule has 4 nitrogen and oxygen atoms in total. The number of hydrogen-bond donors (Lipinski definition) is 2. The molecule has 0 amide bonds. The number of carbonyl (C=O) groups excluding carboxylic acids is 1. The molecule has 24 heavy (non-hydrogen) atoms. The third-order valence-electron chi connectivity index (χ3n) is 4.69. The summed E-state index contributed by atoms with van der Waals surface area (Å²) in [6.45, 7) is 0. The summed E-state index contributed by atoms with van der Waals surface area (Å²) in [5.41, 5.74) is 9.85. The third-order valence-corrected chi connectivity index (χ3v) is 4.95.